The van der Waals surface area contributed by atoms with Gasteiger partial charge in [0.05, 0.1) is 12.5 Å². The number of alkyl halides is 1. The molecule has 0 aliphatic carbocycles. The molecular formula is C14H11BrClFO. The molecule has 0 amide bonds. The molecule has 0 saturated carbocycles. The first-order valence-corrected chi connectivity index (χ1v) is 6.57. The van der Waals surface area contributed by atoms with Crippen molar-refractivity contribution in [2.75, 3.05) is 7.11 Å². The third-order valence-corrected chi connectivity index (χ3v) is 3.59. The van der Waals surface area contributed by atoms with Crippen LogP contribution in [0.15, 0.2) is 46.9 Å². The van der Waals surface area contributed by atoms with Crippen LogP contribution in [0.2, 0.25) is 0 Å². The first kappa shape index (κ1) is 13.4. The van der Waals surface area contributed by atoms with Crippen LogP contribution in [0.1, 0.15) is 16.5 Å². The van der Waals surface area contributed by atoms with Gasteiger partial charge in [-0.15, -0.1) is 11.6 Å². The van der Waals surface area contributed by atoms with Crippen molar-refractivity contribution in [2.24, 2.45) is 0 Å². The fraction of sp³-hybridized carbons (Fsp3) is 0.143. The monoisotopic (exact) mass is 328 g/mol. The zero-order chi connectivity index (χ0) is 13.1. The Morgan fingerprint density at radius 2 is 2.00 bits per heavy atom. The zero-order valence-corrected chi connectivity index (χ0v) is 12.0. The van der Waals surface area contributed by atoms with Gasteiger partial charge in [0.15, 0.2) is 0 Å². The van der Waals surface area contributed by atoms with Gasteiger partial charge in [-0.1, -0.05) is 28.1 Å². The molecule has 0 aliphatic heterocycles. The van der Waals surface area contributed by atoms with E-state index in [2.05, 4.69) is 15.9 Å². The summed E-state index contributed by atoms with van der Waals surface area (Å²) in [5.74, 6) is 0.384. The van der Waals surface area contributed by atoms with Gasteiger partial charge < -0.3 is 4.74 Å². The van der Waals surface area contributed by atoms with Gasteiger partial charge in [0.25, 0.3) is 0 Å². The van der Waals surface area contributed by atoms with E-state index in [-0.39, 0.29) is 5.82 Å². The van der Waals surface area contributed by atoms with Crippen LogP contribution in [0.4, 0.5) is 4.39 Å². The second-order valence-corrected chi connectivity index (χ2v) is 5.16. The Hall–Kier alpha value is -1.06. The molecule has 0 aliphatic rings. The Morgan fingerprint density at radius 3 is 2.67 bits per heavy atom. The molecule has 0 heterocycles. The summed E-state index contributed by atoms with van der Waals surface area (Å²) < 4.78 is 19.4. The average molecular weight is 330 g/mol. The lowest BCUT2D eigenvalue weighted by atomic mass is 10.0. The molecule has 0 bridgehead atoms. The highest BCUT2D eigenvalue weighted by Crippen LogP contribution is 2.36. The highest BCUT2D eigenvalue weighted by atomic mass is 79.9. The molecule has 0 N–H and O–H groups in total. The first-order valence-electron chi connectivity index (χ1n) is 5.35. The molecule has 0 fully saturated rings. The topological polar surface area (TPSA) is 9.23 Å². The molecule has 94 valence electrons. The highest BCUT2D eigenvalue weighted by molar-refractivity contribution is 9.10. The Morgan fingerprint density at radius 1 is 1.22 bits per heavy atom. The van der Waals surface area contributed by atoms with Gasteiger partial charge in [0, 0.05) is 10.0 Å². The molecule has 2 aromatic carbocycles. The van der Waals surface area contributed by atoms with E-state index in [9.17, 15) is 4.39 Å². The lowest BCUT2D eigenvalue weighted by molar-refractivity contribution is 0.410. The molecular weight excluding hydrogens is 319 g/mol. The second-order valence-electron chi connectivity index (χ2n) is 3.80. The van der Waals surface area contributed by atoms with Gasteiger partial charge in [0.1, 0.15) is 11.6 Å². The van der Waals surface area contributed by atoms with Crippen molar-refractivity contribution >= 4 is 27.5 Å². The molecule has 0 spiro atoms. The van der Waals surface area contributed by atoms with Crippen LogP contribution < -0.4 is 4.74 Å². The van der Waals surface area contributed by atoms with Crippen LogP contribution in [0.25, 0.3) is 0 Å². The van der Waals surface area contributed by atoms with Gasteiger partial charge >= 0.3 is 0 Å². The van der Waals surface area contributed by atoms with E-state index >= 15 is 0 Å². The third kappa shape index (κ3) is 2.85. The van der Waals surface area contributed by atoms with Crippen molar-refractivity contribution in [2.45, 2.75) is 5.38 Å². The zero-order valence-electron chi connectivity index (χ0n) is 9.66. The summed E-state index contributed by atoms with van der Waals surface area (Å²) in [4.78, 5) is 0. The minimum Gasteiger partial charge on any atom is -0.496 e. The first-order chi connectivity index (χ1) is 8.61. The lowest BCUT2D eigenvalue weighted by Crippen LogP contribution is -1.98. The van der Waals surface area contributed by atoms with Gasteiger partial charge in [-0.3, -0.25) is 0 Å². The third-order valence-electron chi connectivity index (χ3n) is 2.61. The molecule has 18 heavy (non-hydrogen) atoms. The van der Waals surface area contributed by atoms with Crippen molar-refractivity contribution < 1.29 is 9.13 Å². The molecule has 2 rings (SSSR count). The number of rotatable bonds is 3. The molecule has 1 unspecified atom stereocenters. The Balaban J connectivity index is 2.44. The quantitative estimate of drug-likeness (QED) is 0.726. The summed E-state index contributed by atoms with van der Waals surface area (Å²) in [5.41, 5.74) is 1.51. The van der Waals surface area contributed by atoms with Crippen LogP contribution >= 0.6 is 27.5 Å². The largest absolute Gasteiger partial charge is 0.496 e. The van der Waals surface area contributed by atoms with Gasteiger partial charge in [0.2, 0.25) is 0 Å². The SMILES string of the molecule is COc1ccc(Br)cc1C(Cl)c1cccc(F)c1. The van der Waals surface area contributed by atoms with Crippen LogP contribution in [0.3, 0.4) is 0 Å². The van der Waals surface area contributed by atoms with E-state index in [1.54, 1.807) is 19.2 Å². The predicted octanol–water partition coefficient (Wildman–Crippen LogP) is 4.93. The van der Waals surface area contributed by atoms with Crippen molar-refractivity contribution in [1.29, 1.82) is 0 Å². The number of halogens is 3. The van der Waals surface area contributed by atoms with Crippen molar-refractivity contribution in [1.82, 2.24) is 0 Å². The summed E-state index contributed by atoms with van der Waals surface area (Å²) in [7, 11) is 1.59. The fourth-order valence-electron chi connectivity index (χ4n) is 1.75. The van der Waals surface area contributed by atoms with E-state index in [4.69, 9.17) is 16.3 Å². The molecule has 0 saturated heterocycles. The van der Waals surface area contributed by atoms with E-state index in [1.165, 1.54) is 12.1 Å². The molecule has 0 aromatic heterocycles. The van der Waals surface area contributed by atoms with E-state index in [1.807, 2.05) is 18.2 Å². The van der Waals surface area contributed by atoms with Crippen LogP contribution in [-0.4, -0.2) is 7.11 Å². The van der Waals surface area contributed by atoms with Crippen molar-refractivity contribution in [3.63, 3.8) is 0 Å². The van der Waals surface area contributed by atoms with E-state index in [0.29, 0.717) is 11.3 Å². The summed E-state index contributed by atoms with van der Waals surface area (Å²) in [6.45, 7) is 0. The fourth-order valence-corrected chi connectivity index (χ4v) is 2.43. The van der Waals surface area contributed by atoms with Gasteiger partial charge in [-0.2, -0.15) is 0 Å². The second kappa shape index (κ2) is 5.72. The van der Waals surface area contributed by atoms with Gasteiger partial charge in [-0.25, -0.2) is 4.39 Å². The van der Waals surface area contributed by atoms with Crippen LogP contribution in [0, 0.1) is 5.82 Å². The summed E-state index contributed by atoms with van der Waals surface area (Å²) in [5, 5.41) is -0.451. The Bertz CT molecular complexity index is 559. The van der Waals surface area contributed by atoms with Crippen LogP contribution in [-0.2, 0) is 0 Å². The maximum atomic E-state index is 13.2. The maximum absolute atomic E-state index is 13.2. The molecule has 4 heteroatoms. The van der Waals surface area contributed by atoms with Crippen molar-refractivity contribution in [3.05, 3.63) is 63.9 Å². The summed E-state index contributed by atoms with van der Waals surface area (Å²) >= 11 is 9.78. The van der Waals surface area contributed by atoms with Crippen LogP contribution in [0.5, 0.6) is 5.75 Å². The van der Waals surface area contributed by atoms with E-state index in [0.717, 1.165) is 10.0 Å². The molecule has 1 atom stereocenters. The Labute approximate surface area is 119 Å². The molecule has 1 nitrogen and oxygen atoms in total. The standard InChI is InChI=1S/C14H11BrClFO/c1-18-13-6-5-10(15)8-12(13)14(16)9-3-2-4-11(17)7-9/h2-8,14H,1H3. The lowest BCUT2D eigenvalue weighted by Gasteiger charge is -2.15. The minimum atomic E-state index is -0.451. The van der Waals surface area contributed by atoms with E-state index < -0.39 is 5.38 Å². The number of hydrogen-bond acceptors (Lipinski definition) is 1. The Kier molecular flexibility index (Phi) is 4.25. The average Bonchev–Trinajstić information content (AvgIpc) is 2.38. The maximum Gasteiger partial charge on any atom is 0.123 e. The smallest absolute Gasteiger partial charge is 0.123 e. The number of benzene rings is 2. The van der Waals surface area contributed by atoms with Crippen molar-refractivity contribution in [3.8, 4) is 5.75 Å². The molecule has 2 aromatic rings. The number of methoxy groups -OCH3 is 1. The van der Waals surface area contributed by atoms with Gasteiger partial charge in [-0.05, 0) is 35.9 Å². The number of hydrogen-bond donors (Lipinski definition) is 0. The predicted molar refractivity (Wildman–Crippen MR) is 74.8 cm³/mol. The number of ether oxygens (including phenoxy) is 1. The molecule has 0 radical (unpaired) electrons. The summed E-state index contributed by atoms with van der Waals surface area (Å²) in [6, 6.07) is 11.8. The highest BCUT2D eigenvalue weighted by Gasteiger charge is 2.16. The minimum absolute atomic E-state index is 0.299. The summed E-state index contributed by atoms with van der Waals surface area (Å²) in [6.07, 6.45) is 0. The normalized spacial score (nSPS) is 12.2.